The van der Waals surface area contributed by atoms with Crippen LogP contribution in [0.15, 0.2) is 30.6 Å². The van der Waals surface area contributed by atoms with E-state index in [9.17, 15) is 4.79 Å². The summed E-state index contributed by atoms with van der Waals surface area (Å²) < 4.78 is 0. The summed E-state index contributed by atoms with van der Waals surface area (Å²) in [5, 5.41) is 12.0. The van der Waals surface area contributed by atoms with Gasteiger partial charge in [-0.3, -0.25) is 4.79 Å². The second-order valence-corrected chi connectivity index (χ2v) is 4.59. The van der Waals surface area contributed by atoms with Crippen molar-refractivity contribution >= 4 is 22.9 Å². The van der Waals surface area contributed by atoms with Crippen LogP contribution in [-0.4, -0.2) is 44.1 Å². The third kappa shape index (κ3) is 2.59. The average molecular weight is 298 g/mol. The Labute approximate surface area is 125 Å². The molecule has 22 heavy (non-hydrogen) atoms. The number of primary amides is 1. The molecule has 2 heterocycles. The van der Waals surface area contributed by atoms with Crippen molar-refractivity contribution in [3.8, 4) is 11.4 Å². The van der Waals surface area contributed by atoms with Crippen LogP contribution in [0.5, 0.6) is 0 Å². The molecule has 5 N–H and O–H groups in total. The highest BCUT2D eigenvalue weighted by molar-refractivity contribution is 5.93. The summed E-state index contributed by atoms with van der Waals surface area (Å²) in [7, 11) is 0. The number of anilines is 1. The largest absolute Gasteiger partial charge is 0.395 e. The standard InChI is InChI=1S/C14H14N6O2/c15-11(22)8-1-3-9(4-2-8)12-19-13(16-5-6-21)10-14(20-12)18-7-17-10/h1-4,7,21H,5-6H2,(H2,15,22)(H2,16,17,18,19,20). The van der Waals surface area contributed by atoms with E-state index in [1.807, 2.05) is 0 Å². The summed E-state index contributed by atoms with van der Waals surface area (Å²) in [6.07, 6.45) is 1.53. The number of nitrogens with zero attached hydrogens (tertiary/aromatic N) is 3. The van der Waals surface area contributed by atoms with Crippen molar-refractivity contribution in [1.29, 1.82) is 0 Å². The number of nitrogens with two attached hydrogens (primary N) is 1. The molecule has 0 saturated carbocycles. The molecule has 0 aliphatic heterocycles. The molecule has 8 nitrogen and oxygen atoms in total. The number of carbonyl (C=O) groups excluding carboxylic acids is 1. The predicted molar refractivity (Wildman–Crippen MR) is 81.2 cm³/mol. The van der Waals surface area contributed by atoms with Crippen LogP contribution in [0.3, 0.4) is 0 Å². The summed E-state index contributed by atoms with van der Waals surface area (Å²) in [4.78, 5) is 27.0. The van der Waals surface area contributed by atoms with Gasteiger partial charge in [-0.1, -0.05) is 12.1 Å². The Morgan fingerprint density at radius 2 is 2.05 bits per heavy atom. The number of fused-ring (bicyclic) bond motifs is 1. The van der Waals surface area contributed by atoms with Crippen molar-refractivity contribution in [1.82, 2.24) is 19.9 Å². The first-order valence-corrected chi connectivity index (χ1v) is 6.65. The third-order valence-corrected chi connectivity index (χ3v) is 3.12. The maximum atomic E-state index is 11.1. The summed E-state index contributed by atoms with van der Waals surface area (Å²) in [5.74, 6) is 0.544. The maximum Gasteiger partial charge on any atom is 0.248 e. The summed E-state index contributed by atoms with van der Waals surface area (Å²) in [6.45, 7) is 0.355. The summed E-state index contributed by atoms with van der Waals surface area (Å²) in [6, 6.07) is 6.70. The van der Waals surface area contributed by atoms with Crippen molar-refractivity contribution in [3.05, 3.63) is 36.2 Å². The number of H-pyrrole nitrogens is 1. The molecule has 0 aliphatic rings. The van der Waals surface area contributed by atoms with Gasteiger partial charge in [0, 0.05) is 17.7 Å². The van der Waals surface area contributed by atoms with Gasteiger partial charge < -0.3 is 21.1 Å². The van der Waals surface area contributed by atoms with E-state index in [0.717, 1.165) is 5.56 Å². The molecule has 1 amide bonds. The van der Waals surface area contributed by atoms with E-state index in [2.05, 4.69) is 25.3 Å². The monoisotopic (exact) mass is 298 g/mol. The predicted octanol–water partition coefficient (Wildman–Crippen LogP) is 0.523. The maximum absolute atomic E-state index is 11.1. The van der Waals surface area contributed by atoms with E-state index < -0.39 is 5.91 Å². The molecule has 0 unspecified atom stereocenters. The number of amides is 1. The fourth-order valence-corrected chi connectivity index (χ4v) is 2.05. The average Bonchev–Trinajstić information content (AvgIpc) is 3.01. The highest BCUT2D eigenvalue weighted by Crippen LogP contribution is 2.22. The second-order valence-electron chi connectivity index (χ2n) is 4.59. The number of aromatic nitrogens is 4. The zero-order valence-electron chi connectivity index (χ0n) is 11.6. The number of aromatic amines is 1. The highest BCUT2D eigenvalue weighted by Gasteiger charge is 2.11. The Hall–Kier alpha value is -3.00. The van der Waals surface area contributed by atoms with E-state index in [-0.39, 0.29) is 6.61 Å². The van der Waals surface area contributed by atoms with Gasteiger partial charge in [-0.25, -0.2) is 15.0 Å². The second kappa shape index (κ2) is 5.78. The molecule has 112 valence electrons. The number of hydrogen-bond donors (Lipinski definition) is 4. The molecule has 1 aromatic carbocycles. The van der Waals surface area contributed by atoms with Gasteiger partial charge in [-0.2, -0.15) is 0 Å². The Morgan fingerprint density at radius 1 is 1.27 bits per heavy atom. The molecule has 3 rings (SSSR count). The molecule has 0 bridgehead atoms. The smallest absolute Gasteiger partial charge is 0.248 e. The number of hydrogen-bond acceptors (Lipinski definition) is 6. The van der Waals surface area contributed by atoms with Gasteiger partial charge in [-0.15, -0.1) is 0 Å². The number of rotatable bonds is 5. The van der Waals surface area contributed by atoms with Gasteiger partial charge in [0.15, 0.2) is 17.3 Å². The Bertz CT molecular complexity index is 812. The summed E-state index contributed by atoms with van der Waals surface area (Å²) >= 11 is 0. The normalized spacial score (nSPS) is 10.8. The highest BCUT2D eigenvalue weighted by atomic mass is 16.3. The first kappa shape index (κ1) is 14.0. The zero-order valence-corrected chi connectivity index (χ0v) is 11.6. The fourth-order valence-electron chi connectivity index (χ4n) is 2.05. The number of carbonyl (C=O) groups is 1. The van der Waals surface area contributed by atoms with Crippen LogP contribution in [0, 0.1) is 0 Å². The minimum atomic E-state index is -0.486. The van der Waals surface area contributed by atoms with E-state index in [0.29, 0.717) is 34.9 Å². The summed E-state index contributed by atoms with van der Waals surface area (Å²) in [5.41, 5.74) is 7.57. The lowest BCUT2D eigenvalue weighted by Gasteiger charge is -2.07. The van der Waals surface area contributed by atoms with Crippen molar-refractivity contribution in [3.63, 3.8) is 0 Å². The van der Waals surface area contributed by atoms with E-state index in [1.54, 1.807) is 24.3 Å². The number of nitrogens with one attached hydrogen (secondary N) is 2. The van der Waals surface area contributed by atoms with Crippen LogP contribution in [0.2, 0.25) is 0 Å². The van der Waals surface area contributed by atoms with Crippen molar-refractivity contribution in [2.45, 2.75) is 0 Å². The SMILES string of the molecule is NC(=O)c1ccc(-c2nc(NCCO)c3[nH]cnc3n2)cc1. The lowest BCUT2D eigenvalue weighted by Crippen LogP contribution is -2.10. The number of imidazole rings is 1. The van der Waals surface area contributed by atoms with Crippen LogP contribution in [-0.2, 0) is 0 Å². The quantitative estimate of drug-likeness (QED) is 0.543. The Kier molecular flexibility index (Phi) is 3.67. The van der Waals surface area contributed by atoms with Crippen LogP contribution < -0.4 is 11.1 Å². The molecule has 0 aliphatic carbocycles. The lowest BCUT2D eigenvalue weighted by atomic mass is 10.1. The third-order valence-electron chi connectivity index (χ3n) is 3.12. The van der Waals surface area contributed by atoms with Crippen LogP contribution in [0.4, 0.5) is 5.82 Å². The molecular formula is C14H14N6O2. The molecule has 3 aromatic rings. The van der Waals surface area contributed by atoms with Crippen LogP contribution in [0.1, 0.15) is 10.4 Å². The molecule has 0 radical (unpaired) electrons. The van der Waals surface area contributed by atoms with Crippen LogP contribution >= 0.6 is 0 Å². The van der Waals surface area contributed by atoms with Gasteiger partial charge >= 0.3 is 0 Å². The first-order chi connectivity index (χ1) is 10.7. The zero-order chi connectivity index (χ0) is 15.5. The molecule has 0 spiro atoms. The molecule has 2 aromatic heterocycles. The molecule has 0 atom stereocenters. The lowest BCUT2D eigenvalue weighted by molar-refractivity contribution is 0.100. The number of benzene rings is 1. The van der Waals surface area contributed by atoms with Gasteiger partial charge in [0.05, 0.1) is 12.9 Å². The number of aliphatic hydroxyl groups is 1. The number of aliphatic hydroxyl groups excluding tert-OH is 1. The van der Waals surface area contributed by atoms with E-state index in [1.165, 1.54) is 6.33 Å². The van der Waals surface area contributed by atoms with Gasteiger partial charge in [0.1, 0.15) is 5.52 Å². The van der Waals surface area contributed by atoms with Crippen LogP contribution in [0.25, 0.3) is 22.6 Å². The van der Waals surface area contributed by atoms with Gasteiger partial charge in [0.25, 0.3) is 0 Å². The Morgan fingerprint density at radius 3 is 2.73 bits per heavy atom. The molecular weight excluding hydrogens is 284 g/mol. The molecule has 8 heteroatoms. The van der Waals surface area contributed by atoms with Gasteiger partial charge in [0.2, 0.25) is 5.91 Å². The van der Waals surface area contributed by atoms with Gasteiger partial charge in [-0.05, 0) is 12.1 Å². The molecule has 0 fully saturated rings. The minimum Gasteiger partial charge on any atom is -0.395 e. The minimum absolute atomic E-state index is 0.0116. The van der Waals surface area contributed by atoms with E-state index in [4.69, 9.17) is 10.8 Å². The van der Waals surface area contributed by atoms with Crippen molar-refractivity contribution < 1.29 is 9.90 Å². The van der Waals surface area contributed by atoms with Crippen molar-refractivity contribution in [2.75, 3.05) is 18.5 Å². The topological polar surface area (TPSA) is 130 Å². The Balaban J connectivity index is 2.04. The fraction of sp³-hybridized carbons (Fsp3) is 0.143. The van der Waals surface area contributed by atoms with E-state index >= 15 is 0 Å². The van der Waals surface area contributed by atoms with Crippen molar-refractivity contribution in [2.24, 2.45) is 5.73 Å². The molecule has 0 saturated heterocycles. The first-order valence-electron chi connectivity index (χ1n) is 6.65.